The molecule has 3 N–H and O–H groups in total. The Morgan fingerprint density at radius 3 is 1.98 bits per heavy atom. The number of aryl methyl sites for hydroxylation is 2. The zero-order valence-corrected chi connectivity index (χ0v) is 23.8. The Bertz CT molecular complexity index is 1440. The van der Waals surface area contributed by atoms with Gasteiger partial charge in [0.25, 0.3) is 5.95 Å². The fourth-order valence-electron chi connectivity index (χ4n) is 5.36. The first-order chi connectivity index (χ1) is 19.8. The van der Waals surface area contributed by atoms with E-state index in [1.807, 2.05) is 85.5 Å². The van der Waals surface area contributed by atoms with Crippen molar-refractivity contribution in [1.29, 1.82) is 0 Å². The van der Waals surface area contributed by atoms with Crippen LogP contribution < -0.4 is 10.6 Å². The molecule has 0 spiro atoms. The standard InChI is InChI=1S/C32H33ClN6O2/c1-22-21-23(2)35-29(34-22)37-30(38-31(40)36-28-15-13-27(33)14-16-28)39-19-17-26(18-20-39)32(41,24-9-5-3-6-10-24)25-11-7-4-8-12-25/h3-16,21,26,41H,17-20H2,1-2H3,(H2,34,35,36,37,38,40). The van der Waals surface area contributed by atoms with Crippen LogP contribution in [-0.2, 0) is 5.60 Å². The van der Waals surface area contributed by atoms with E-state index in [9.17, 15) is 9.90 Å². The molecule has 3 aromatic carbocycles. The smallest absolute Gasteiger partial charge is 0.326 e. The fraction of sp³-hybridized carbons (Fsp3) is 0.250. The van der Waals surface area contributed by atoms with Crippen LogP contribution in [0.2, 0.25) is 5.02 Å². The van der Waals surface area contributed by atoms with E-state index in [4.69, 9.17) is 11.6 Å². The summed E-state index contributed by atoms with van der Waals surface area (Å²) in [7, 11) is 0. The van der Waals surface area contributed by atoms with Gasteiger partial charge in [-0.3, -0.25) is 5.32 Å². The topological polar surface area (TPSA) is 103 Å². The van der Waals surface area contributed by atoms with Gasteiger partial charge in [-0.2, -0.15) is 4.99 Å². The Hall–Kier alpha value is -4.27. The average molecular weight is 569 g/mol. The molecule has 1 aromatic heterocycles. The Labute approximate surface area is 245 Å². The Morgan fingerprint density at radius 2 is 1.44 bits per heavy atom. The number of halogens is 1. The summed E-state index contributed by atoms with van der Waals surface area (Å²) in [5, 5.41) is 18.6. The molecule has 1 fully saturated rings. The molecule has 1 aliphatic rings. The van der Waals surface area contributed by atoms with Crippen LogP contribution in [0.1, 0.15) is 35.4 Å². The van der Waals surface area contributed by atoms with Crippen molar-refractivity contribution in [2.45, 2.75) is 32.3 Å². The molecule has 8 nitrogen and oxygen atoms in total. The van der Waals surface area contributed by atoms with E-state index in [-0.39, 0.29) is 11.9 Å². The molecule has 1 saturated heterocycles. The van der Waals surface area contributed by atoms with Gasteiger partial charge < -0.3 is 15.3 Å². The van der Waals surface area contributed by atoms with Crippen LogP contribution in [0.3, 0.4) is 0 Å². The van der Waals surface area contributed by atoms with E-state index in [2.05, 4.69) is 25.6 Å². The van der Waals surface area contributed by atoms with E-state index in [1.165, 1.54) is 0 Å². The van der Waals surface area contributed by atoms with Crippen LogP contribution in [0.15, 0.2) is 96.0 Å². The van der Waals surface area contributed by atoms with E-state index in [0.29, 0.717) is 42.6 Å². The number of likely N-dealkylation sites (tertiary alicyclic amines) is 1. The molecular weight excluding hydrogens is 536 g/mol. The third-order valence-electron chi connectivity index (χ3n) is 7.32. The number of nitrogens with zero attached hydrogens (tertiary/aromatic N) is 4. The molecule has 0 aliphatic carbocycles. The van der Waals surface area contributed by atoms with Gasteiger partial charge in [-0.25, -0.2) is 14.8 Å². The van der Waals surface area contributed by atoms with Crippen molar-refractivity contribution in [2.24, 2.45) is 10.9 Å². The van der Waals surface area contributed by atoms with Crippen molar-refractivity contribution in [3.8, 4) is 0 Å². The van der Waals surface area contributed by atoms with Crippen LogP contribution in [-0.4, -0.2) is 45.1 Å². The van der Waals surface area contributed by atoms with Crippen molar-refractivity contribution >= 4 is 35.2 Å². The first kappa shape index (κ1) is 28.3. The molecule has 0 radical (unpaired) electrons. The maximum absolute atomic E-state index is 13.0. The van der Waals surface area contributed by atoms with Crippen LogP contribution in [0.5, 0.6) is 0 Å². The van der Waals surface area contributed by atoms with Crippen molar-refractivity contribution in [3.63, 3.8) is 0 Å². The summed E-state index contributed by atoms with van der Waals surface area (Å²) in [6, 6.07) is 27.9. The van der Waals surface area contributed by atoms with E-state index < -0.39 is 11.6 Å². The number of benzene rings is 3. The summed E-state index contributed by atoms with van der Waals surface area (Å²) >= 11 is 5.99. The Balaban J connectivity index is 1.39. The van der Waals surface area contributed by atoms with Crippen molar-refractivity contribution < 1.29 is 9.90 Å². The van der Waals surface area contributed by atoms with Gasteiger partial charge in [0.1, 0.15) is 5.60 Å². The molecule has 4 aromatic rings. The molecule has 5 rings (SSSR count). The summed E-state index contributed by atoms with van der Waals surface area (Å²) in [5.74, 6) is 0.574. The van der Waals surface area contributed by atoms with Crippen LogP contribution in [0.25, 0.3) is 0 Å². The highest BCUT2D eigenvalue weighted by Gasteiger charge is 2.42. The first-order valence-corrected chi connectivity index (χ1v) is 14.0. The molecule has 0 bridgehead atoms. The van der Waals surface area contributed by atoms with E-state index in [1.54, 1.807) is 24.3 Å². The second-order valence-electron chi connectivity index (χ2n) is 10.2. The number of carbonyl (C=O) groups is 1. The lowest BCUT2D eigenvalue weighted by atomic mass is 9.72. The van der Waals surface area contributed by atoms with E-state index in [0.717, 1.165) is 22.5 Å². The monoisotopic (exact) mass is 568 g/mol. The highest BCUT2D eigenvalue weighted by atomic mass is 35.5. The SMILES string of the molecule is Cc1cc(C)nc(/N=C(\NC(=O)Nc2ccc(Cl)cc2)N2CCC(C(O)(c3ccccc3)c3ccccc3)CC2)n1. The second kappa shape index (κ2) is 12.5. The number of aromatic nitrogens is 2. The number of anilines is 1. The molecule has 1 aliphatic heterocycles. The summed E-state index contributed by atoms with van der Waals surface area (Å²) in [6.45, 7) is 4.90. The molecule has 2 heterocycles. The number of amides is 2. The number of hydrogen-bond donors (Lipinski definition) is 3. The van der Waals surface area contributed by atoms with Crippen molar-refractivity contribution in [1.82, 2.24) is 20.2 Å². The Morgan fingerprint density at radius 1 is 0.902 bits per heavy atom. The van der Waals surface area contributed by atoms with Crippen molar-refractivity contribution in [2.75, 3.05) is 18.4 Å². The normalized spacial score (nSPS) is 14.5. The summed E-state index contributed by atoms with van der Waals surface area (Å²) in [4.78, 5) is 28.6. The quantitative estimate of drug-likeness (QED) is 0.196. The maximum atomic E-state index is 13.0. The zero-order valence-electron chi connectivity index (χ0n) is 23.1. The number of carbonyl (C=O) groups excluding carboxylic acids is 1. The lowest BCUT2D eigenvalue weighted by Crippen LogP contribution is -2.51. The molecule has 0 atom stereocenters. The van der Waals surface area contributed by atoms with Gasteiger partial charge in [0.15, 0.2) is 0 Å². The highest BCUT2D eigenvalue weighted by molar-refractivity contribution is 6.30. The van der Waals surface area contributed by atoms with Gasteiger partial charge in [-0.1, -0.05) is 72.3 Å². The summed E-state index contributed by atoms with van der Waals surface area (Å²) in [5.41, 5.74) is 2.75. The number of aliphatic imine (C=N–C) groups is 1. The number of piperidine rings is 1. The molecule has 0 unspecified atom stereocenters. The predicted octanol–water partition coefficient (Wildman–Crippen LogP) is 6.20. The molecule has 9 heteroatoms. The highest BCUT2D eigenvalue weighted by Crippen LogP contribution is 2.42. The van der Waals surface area contributed by atoms with Gasteiger partial charge >= 0.3 is 6.03 Å². The van der Waals surface area contributed by atoms with Crippen LogP contribution in [0.4, 0.5) is 16.4 Å². The molecular formula is C32H33ClN6O2. The number of rotatable bonds is 5. The van der Waals surface area contributed by atoms with Gasteiger partial charge in [-0.15, -0.1) is 0 Å². The average Bonchev–Trinajstić information content (AvgIpc) is 2.98. The molecule has 2 amide bonds. The molecule has 0 saturated carbocycles. The van der Waals surface area contributed by atoms with E-state index >= 15 is 0 Å². The zero-order chi connectivity index (χ0) is 28.8. The first-order valence-electron chi connectivity index (χ1n) is 13.6. The lowest BCUT2D eigenvalue weighted by molar-refractivity contribution is -0.00679. The summed E-state index contributed by atoms with van der Waals surface area (Å²) in [6.07, 6.45) is 1.35. The number of hydrogen-bond acceptors (Lipinski definition) is 5. The second-order valence-corrected chi connectivity index (χ2v) is 10.7. The lowest BCUT2D eigenvalue weighted by Gasteiger charge is -2.43. The number of nitrogens with one attached hydrogen (secondary N) is 2. The Kier molecular flexibility index (Phi) is 8.61. The minimum atomic E-state index is -1.15. The summed E-state index contributed by atoms with van der Waals surface area (Å²) < 4.78 is 0. The van der Waals surface area contributed by atoms with Gasteiger partial charge in [0.05, 0.1) is 0 Å². The number of aliphatic hydroxyl groups is 1. The molecule has 41 heavy (non-hydrogen) atoms. The van der Waals surface area contributed by atoms with Gasteiger partial charge in [0.2, 0.25) is 5.96 Å². The third kappa shape index (κ3) is 6.73. The minimum absolute atomic E-state index is 0.0508. The minimum Gasteiger partial charge on any atom is -0.380 e. The third-order valence-corrected chi connectivity index (χ3v) is 7.57. The largest absolute Gasteiger partial charge is 0.380 e. The molecule has 210 valence electrons. The van der Waals surface area contributed by atoms with Crippen LogP contribution in [0, 0.1) is 19.8 Å². The van der Waals surface area contributed by atoms with Crippen molar-refractivity contribution in [3.05, 3.63) is 119 Å². The number of guanidine groups is 1. The maximum Gasteiger partial charge on any atom is 0.326 e. The van der Waals surface area contributed by atoms with Gasteiger partial charge in [-0.05, 0) is 74.1 Å². The predicted molar refractivity (Wildman–Crippen MR) is 162 cm³/mol. The van der Waals surface area contributed by atoms with Gasteiger partial charge in [0, 0.05) is 35.2 Å². The number of urea groups is 1. The van der Waals surface area contributed by atoms with Crippen LogP contribution >= 0.6 is 11.6 Å². The fourth-order valence-corrected chi connectivity index (χ4v) is 5.48.